The Bertz CT molecular complexity index is 933. The summed E-state index contributed by atoms with van der Waals surface area (Å²) in [4.78, 5) is 17.1. The second-order valence-electron chi connectivity index (χ2n) is 4.57. The normalized spacial score (nSPS) is 10.7. The third-order valence-corrected chi connectivity index (χ3v) is 3.82. The monoisotopic (exact) mass is 342 g/mol. The Morgan fingerprint density at radius 3 is 2.95 bits per heavy atom. The van der Waals surface area contributed by atoms with Crippen molar-refractivity contribution in [2.24, 2.45) is 0 Å². The minimum atomic E-state index is -0.168. The van der Waals surface area contributed by atoms with Crippen molar-refractivity contribution in [2.45, 2.75) is 13.3 Å². The topological polar surface area (TPSA) is 73.9 Å². The van der Waals surface area contributed by atoms with Gasteiger partial charge in [0.05, 0.1) is 5.69 Å². The van der Waals surface area contributed by atoms with Crippen molar-refractivity contribution < 1.29 is 0 Å². The third-order valence-electron chi connectivity index (χ3n) is 3.33. The smallest absolute Gasteiger partial charge is 0.276 e. The molecule has 1 aromatic carbocycles. The maximum absolute atomic E-state index is 12.5. The van der Waals surface area contributed by atoms with Crippen LogP contribution >= 0.6 is 15.9 Å². The van der Waals surface area contributed by atoms with Gasteiger partial charge < -0.3 is 0 Å². The highest BCUT2D eigenvalue weighted by Gasteiger charge is 2.16. The summed E-state index contributed by atoms with van der Waals surface area (Å²) in [7, 11) is 0. The van der Waals surface area contributed by atoms with Gasteiger partial charge in [0.25, 0.3) is 5.56 Å². The van der Waals surface area contributed by atoms with Crippen molar-refractivity contribution in [2.75, 3.05) is 0 Å². The van der Waals surface area contributed by atoms with E-state index in [4.69, 9.17) is 5.26 Å². The lowest BCUT2D eigenvalue weighted by Crippen LogP contribution is -2.21. The molecule has 3 aromatic rings. The van der Waals surface area contributed by atoms with Crippen molar-refractivity contribution in [1.82, 2.24) is 14.6 Å². The van der Waals surface area contributed by atoms with Crippen molar-refractivity contribution in [1.29, 1.82) is 5.26 Å². The van der Waals surface area contributed by atoms with Crippen molar-refractivity contribution in [3.8, 4) is 17.3 Å². The quantitative estimate of drug-likeness (QED) is 0.778. The first-order valence-electron chi connectivity index (χ1n) is 6.44. The van der Waals surface area contributed by atoms with E-state index in [2.05, 4.69) is 26.0 Å². The molecule has 6 heteroatoms. The molecule has 2 aromatic heterocycles. The van der Waals surface area contributed by atoms with Gasteiger partial charge in [-0.1, -0.05) is 35.0 Å². The van der Waals surface area contributed by atoms with Gasteiger partial charge in [0, 0.05) is 21.8 Å². The van der Waals surface area contributed by atoms with E-state index in [1.165, 1.54) is 10.7 Å². The summed E-state index contributed by atoms with van der Waals surface area (Å²) in [6.07, 6.45) is 2.06. The molecule has 1 N–H and O–H groups in total. The van der Waals surface area contributed by atoms with Crippen LogP contribution in [0.1, 0.15) is 18.1 Å². The summed E-state index contributed by atoms with van der Waals surface area (Å²) in [5.41, 5.74) is 2.64. The SMILES string of the molecule is CCc1c(-c2cccc(Br)c2)nc2c(C#N)c[nH]n2c1=O. The number of rotatable bonds is 2. The minimum Gasteiger partial charge on any atom is -0.295 e. The maximum Gasteiger partial charge on any atom is 0.276 e. The van der Waals surface area contributed by atoms with Crippen LogP contribution in [0.25, 0.3) is 16.9 Å². The second-order valence-corrected chi connectivity index (χ2v) is 5.48. The Morgan fingerprint density at radius 2 is 2.29 bits per heavy atom. The van der Waals surface area contributed by atoms with E-state index in [0.29, 0.717) is 28.9 Å². The first-order valence-corrected chi connectivity index (χ1v) is 7.24. The number of H-pyrrole nitrogens is 1. The highest BCUT2D eigenvalue weighted by molar-refractivity contribution is 9.10. The maximum atomic E-state index is 12.5. The molecule has 0 saturated carbocycles. The number of hydrogen-bond acceptors (Lipinski definition) is 3. The fourth-order valence-electron chi connectivity index (χ4n) is 2.33. The molecule has 0 aliphatic carbocycles. The van der Waals surface area contributed by atoms with Gasteiger partial charge in [0.2, 0.25) is 0 Å². The summed E-state index contributed by atoms with van der Waals surface area (Å²) in [6.45, 7) is 1.92. The van der Waals surface area contributed by atoms with Gasteiger partial charge in [-0.15, -0.1) is 0 Å². The number of nitriles is 1. The van der Waals surface area contributed by atoms with Crippen molar-refractivity contribution in [3.05, 3.63) is 56.4 Å². The van der Waals surface area contributed by atoms with Crippen LogP contribution < -0.4 is 5.56 Å². The van der Waals surface area contributed by atoms with E-state index < -0.39 is 0 Å². The highest BCUT2D eigenvalue weighted by atomic mass is 79.9. The fourth-order valence-corrected chi connectivity index (χ4v) is 2.72. The molecular formula is C15H11BrN4O. The molecule has 0 spiro atoms. The Balaban J connectivity index is 2.41. The summed E-state index contributed by atoms with van der Waals surface area (Å²) in [5, 5.41) is 11.9. The van der Waals surface area contributed by atoms with Gasteiger partial charge in [-0.05, 0) is 18.6 Å². The second kappa shape index (κ2) is 5.19. The van der Waals surface area contributed by atoms with Gasteiger partial charge in [-0.25, -0.2) is 9.50 Å². The number of nitrogens with zero attached hydrogens (tertiary/aromatic N) is 3. The van der Waals surface area contributed by atoms with Crippen molar-refractivity contribution in [3.63, 3.8) is 0 Å². The van der Waals surface area contributed by atoms with Crippen molar-refractivity contribution >= 4 is 21.6 Å². The predicted molar refractivity (Wildman–Crippen MR) is 83.0 cm³/mol. The van der Waals surface area contributed by atoms with E-state index in [0.717, 1.165) is 10.0 Å². The predicted octanol–water partition coefficient (Wildman–Crippen LogP) is 2.89. The van der Waals surface area contributed by atoms with Crippen LogP contribution in [0, 0.1) is 11.3 Å². The number of nitrogens with one attached hydrogen (secondary N) is 1. The van der Waals surface area contributed by atoms with E-state index in [1.807, 2.05) is 37.3 Å². The van der Waals surface area contributed by atoms with E-state index >= 15 is 0 Å². The lowest BCUT2D eigenvalue weighted by molar-refractivity contribution is 0.870. The largest absolute Gasteiger partial charge is 0.295 e. The van der Waals surface area contributed by atoms with Gasteiger partial charge >= 0.3 is 0 Å². The zero-order valence-corrected chi connectivity index (χ0v) is 12.8. The number of benzene rings is 1. The average molecular weight is 343 g/mol. The lowest BCUT2D eigenvalue weighted by atomic mass is 10.1. The summed E-state index contributed by atoms with van der Waals surface area (Å²) in [5.74, 6) is 0. The molecule has 2 heterocycles. The van der Waals surface area contributed by atoms with Crippen LogP contribution in [0.15, 0.2) is 39.7 Å². The molecule has 0 bridgehead atoms. The Labute approximate surface area is 129 Å². The minimum absolute atomic E-state index is 0.168. The molecule has 0 aliphatic heterocycles. The highest BCUT2D eigenvalue weighted by Crippen LogP contribution is 2.24. The summed E-state index contributed by atoms with van der Waals surface area (Å²) in [6, 6.07) is 9.67. The van der Waals surface area contributed by atoms with Crippen LogP contribution in [0.4, 0.5) is 0 Å². The third kappa shape index (κ3) is 2.16. The fraction of sp³-hybridized carbons (Fsp3) is 0.133. The molecule has 3 rings (SSSR count). The van der Waals surface area contributed by atoms with Gasteiger partial charge in [0.15, 0.2) is 5.65 Å². The first-order chi connectivity index (χ1) is 10.2. The van der Waals surface area contributed by atoms with E-state index in [-0.39, 0.29) is 5.56 Å². The van der Waals surface area contributed by atoms with Gasteiger partial charge in [0.1, 0.15) is 11.6 Å². The Hall–Kier alpha value is -2.39. The van der Waals surface area contributed by atoms with E-state index in [9.17, 15) is 4.79 Å². The molecular weight excluding hydrogens is 332 g/mol. The lowest BCUT2D eigenvalue weighted by Gasteiger charge is -2.08. The Morgan fingerprint density at radius 1 is 1.48 bits per heavy atom. The van der Waals surface area contributed by atoms with E-state index in [1.54, 1.807) is 0 Å². The van der Waals surface area contributed by atoms with Crippen LogP contribution in [-0.2, 0) is 6.42 Å². The molecule has 0 atom stereocenters. The molecule has 0 unspecified atom stereocenters. The van der Waals surface area contributed by atoms with Gasteiger partial charge in [-0.2, -0.15) is 5.26 Å². The Kier molecular flexibility index (Phi) is 3.35. The van der Waals surface area contributed by atoms with Crippen LogP contribution in [-0.4, -0.2) is 14.6 Å². The van der Waals surface area contributed by atoms with Crippen LogP contribution in [0.3, 0.4) is 0 Å². The molecule has 0 radical (unpaired) electrons. The van der Waals surface area contributed by atoms with Crippen LogP contribution in [0.2, 0.25) is 0 Å². The average Bonchev–Trinajstić information content (AvgIpc) is 2.90. The zero-order chi connectivity index (χ0) is 15.0. The standard InChI is InChI=1S/C15H11BrN4O/c1-2-12-13(9-4-3-5-11(16)6-9)19-14-10(7-17)8-18-20(14)15(12)21/h3-6,8,18H,2H2,1H3. The number of aromatic nitrogens is 3. The summed E-state index contributed by atoms with van der Waals surface area (Å²) < 4.78 is 2.23. The summed E-state index contributed by atoms with van der Waals surface area (Å²) >= 11 is 3.43. The molecule has 0 aliphatic rings. The number of hydrogen-bond donors (Lipinski definition) is 1. The zero-order valence-electron chi connectivity index (χ0n) is 11.2. The molecule has 5 nitrogen and oxygen atoms in total. The molecule has 0 saturated heterocycles. The molecule has 0 amide bonds. The molecule has 0 fully saturated rings. The van der Waals surface area contributed by atoms with Crippen LogP contribution in [0.5, 0.6) is 0 Å². The number of halogens is 1. The first kappa shape index (κ1) is 13.6. The number of aromatic amines is 1. The molecule has 21 heavy (non-hydrogen) atoms. The molecule has 104 valence electrons. The number of fused-ring (bicyclic) bond motifs is 1. The van der Waals surface area contributed by atoms with Gasteiger partial charge in [-0.3, -0.25) is 9.89 Å².